The highest BCUT2D eigenvalue weighted by molar-refractivity contribution is 5.92. The van der Waals surface area contributed by atoms with Gasteiger partial charge in [-0.25, -0.2) is 0 Å². The Bertz CT molecular complexity index is 497. The highest BCUT2D eigenvalue weighted by Crippen LogP contribution is 2.22. The highest BCUT2D eigenvalue weighted by atomic mass is 16.5. The molecule has 20 heavy (non-hydrogen) atoms. The smallest absolute Gasteiger partial charge is 0.238 e. The van der Waals surface area contributed by atoms with E-state index in [1.807, 2.05) is 30.3 Å². The molecule has 1 amide bonds. The van der Waals surface area contributed by atoms with Gasteiger partial charge >= 0.3 is 0 Å². The molecule has 5 heteroatoms. The summed E-state index contributed by atoms with van der Waals surface area (Å²) in [7, 11) is 0. The average Bonchev–Trinajstić information content (AvgIpc) is 2.38. The number of anilines is 2. The largest absolute Gasteiger partial charge is 0.372 e. The van der Waals surface area contributed by atoms with Gasteiger partial charge in [-0.15, -0.1) is 0 Å². The molecule has 106 valence electrons. The van der Waals surface area contributed by atoms with Crippen LogP contribution in [0.3, 0.4) is 0 Å². The van der Waals surface area contributed by atoms with Gasteiger partial charge in [-0.1, -0.05) is 0 Å². The van der Waals surface area contributed by atoms with Crippen LogP contribution in [0.1, 0.15) is 20.3 Å². The molecule has 1 aromatic carbocycles. The van der Waals surface area contributed by atoms with Crippen molar-refractivity contribution >= 4 is 17.3 Å². The van der Waals surface area contributed by atoms with Gasteiger partial charge < -0.3 is 15.0 Å². The molecule has 1 N–H and O–H groups in total. The third kappa shape index (κ3) is 3.72. The fourth-order valence-corrected chi connectivity index (χ4v) is 2.42. The molecule has 1 fully saturated rings. The van der Waals surface area contributed by atoms with Crippen LogP contribution < -0.4 is 10.2 Å². The molecule has 2 atom stereocenters. The quantitative estimate of drug-likeness (QED) is 0.916. The molecule has 0 saturated carbocycles. The summed E-state index contributed by atoms with van der Waals surface area (Å²) >= 11 is 0. The van der Waals surface area contributed by atoms with E-state index >= 15 is 0 Å². The van der Waals surface area contributed by atoms with Gasteiger partial charge in [0.15, 0.2) is 0 Å². The zero-order chi connectivity index (χ0) is 14.5. The fraction of sp³-hybridized carbons (Fsp3) is 0.467. The maximum Gasteiger partial charge on any atom is 0.238 e. The Morgan fingerprint density at radius 2 is 1.95 bits per heavy atom. The van der Waals surface area contributed by atoms with E-state index in [1.54, 1.807) is 0 Å². The molecule has 0 aliphatic carbocycles. The number of morpholine rings is 1. The third-order valence-corrected chi connectivity index (χ3v) is 3.18. The number of carbonyl (C=O) groups is 1. The number of hydrogen-bond donors (Lipinski definition) is 1. The number of amides is 1. The number of ether oxygens (including phenoxy) is 1. The van der Waals surface area contributed by atoms with E-state index in [4.69, 9.17) is 10.00 Å². The van der Waals surface area contributed by atoms with Crippen molar-refractivity contribution in [1.29, 1.82) is 5.26 Å². The summed E-state index contributed by atoms with van der Waals surface area (Å²) in [5.74, 6) is -0.283. The van der Waals surface area contributed by atoms with E-state index in [0.717, 1.165) is 18.8 Å². The standard InChI is InChI=1S/C15H19N3O2/c1-11-9-18(10-12(2)20-11)14-5-3-13(4-6-14)17-15(19)7-8-16/h3-6,11-12H,7,9-10H2,1-2H3,(H,17,19)/t11-,12-/m1/s1. The molecule has 1 aliphatic rings. The molecule has 0 spiro atoms. The number of rotatable bonds is 3. The fourth-order valence-electron chi connectivity index (χ4n) is 2.42. The van der Waals surface area contributed by atoms with Crippen LogP contribution in [0, 0.1) is 11.3 Å². The van der Waals surface area contributed by atoms with Crippen molar-refractivity contribution in [3.63, 3.8) is 0 Å². The van der Waals surface area contributed by atoms with Gasteiger partial charge in [-0.3, -0.25) is 4.79 Å². The first kappa shape index (κ1) is 14.4. The van der Waals surface area contributed by atoms with Crippen molar-refractivity contribution in [1.82, 2.24) is 0 Å². The number of nitriles is 1. The minimum absolute atomic E-state index is 0.125. The van der Waals surface area contributed by atoms with E-state index in [-0.39, 0.29) is 24.5 Å². The number of carbonyl (C=O) groups excluding carboxylic acids is 1. The van der Waals surface area contributed by atoms with Gasteiger partial charge in [0.2, 0.25) is 5.91 Å². The van der Waals surface area contributed by atoms with Gasteiger partial charge in [-0.05, 0) is 38.1 Å². The summed E-state index contributed by atoms with van der Waals surface area (Å²) in [5.41, 5.74) is 1.83. The summed E-state index contributed by atoms with van der Waals surface area (Å²) in [6.07, 6.45) is 0.308. The van der Waals surface area contributed by atoms with Crippen LogP contribution in [0.25, 0.3) is 0 Å². The second-order valence-corrected chi connectivity index (χ2v) is 5.09. The van der Waals surface area contributed by atoms with Crippen LogP contribution in [0.15, 0.2) is 24.3 Å². The van der Waals surface area contributed by atoms with Crippen molar-refractivity contribution in [3.8, 4) is 6.07 Å². The summed E-state index contributed by atoms with van der Waals surface area (Å²) in [6.45, 7) is 5.87. The Labute approximate surface area is 119 Å². The zero-order valence-electron chi connectivity index (χ0n) is 11.8. The van der Waals surface area contributed by atoms with Crippen molar-refractivity contribution in [2.45, 2.75) is 32.5 Å². The maximum atomic E-state index is 11.3. The molecule has 1 saturated heterocycles. The van der Waals surface area contributed by atoms with Gasteiger partial charge in [0.25, 0.3) is 0 Å². The molecule has 5 nitrogen and oxygen atoms in total. The van der Waals surface area contributed by atoms with Crippen LogP contribution >= 0.6 is 0 Å². The van der Waals surface area contributed by atoms with Gasteiger partial charge in [0, 0.05) is 24.5 Å². The van der Waals surface area contributed by atoms with E-state index < -0.39 is 0 Å². The lowest BCUT2D eigenvalue weighted by Crippen LogP contribution is -2.45. The molecule has 0 radical (unpaired) electrons. The first-order valence-corrected chi connectivity index (χ1v) is 6.75. The lowest BCUT2D eigenvalue weighted by molar-refractivity contribution is -0.115. The molecule has 0 bridgehead atoms. The lowest BCUT2D eigenvalue weighted by atomic mass is 10.2. The Kier molecular flexibility index (Phi) is 4.59. The van der Waals surface area contributed by atoms with E-state index in [0.29, 0.717) is 5.69 Å². The van der Waals surface area contributed by atoms with Crippen molar-refractivity contribution < 1.29 is 9.53 Å². The van der Waals surface area contributed by atoms with Crippen LogP contribution in [-0.4, -0.2) is 31.2 Å². The maximum absolute atomic E-state index is 11.3. The summed E-state index contributed by atoms with van der Waals surface area (Å²) in [4.78, 5) is 13.6. The average molecular weight is 273 g/mol. The first-order chi connectivity index (χ1) is 9.58. The van der Waals surface area contributed by atoms with E-state index in [1.165, 1.54) is 0 Å². The Morgan fingerprint density at radius 3 is 2.50 bits per heavy atom. The Morgan fingerprint density at radius 1 is 1.35 bits per heavy atom. The number of benzene rings is 1. The zero-order valence-corrected chi connectivity index (χ0v) is 11.8. The van der Waals surface area contributed by atoms with Crippen molar-refractivity contribution in [2.75, 3.05) is 23.3 Å². The van der Waals surface area contributed by atoms with Crippen LogP contribution in [-0.2, 0) is 9.53 Å². The highest BCUT2D eigenvalue weighted by Gasteiger charge is 2.22. The van der Waals surface area contributed by atoms with Gasteiger partial charge in [0.1, 0.15) is 6.42 Å². The van der Waals surface area contributed by atoms with Gasteiger partial charge in [-0.2, -0.15) is 5.26 Å². The molecule has 1 aromatic rings. The minimum Gasteiger partial charge on any atom is -0.372 e. The summed E-state index contributed by atoms with van der Waals surface area (Å²) < 4.78 is 5.71. The van der Waals surface area contributed by atoms with Crippen molar-refractivity contribution in [3.05, 3.63) is 24.3 Å². The van der Waals surface area contributed by atoms with Crippen LogP contribution in [0.5, 0.6) is 0 Å². The van der Waals surface area contributed by atoms with Gasteiger partial charge in [0.05, 0.1) is 18.3 Å². The number of nitrogens with one attached hydrogen (secondary N) is 1. The molecular formula is C15H19N3O2. The van der Waals surface area contributed by atoms with Crippen molar-refractivity contribution in [2.24, 2.45) is 0 Å². The van der Waals surface area contributed by atoms with Crippen LogP contribution in [0.4, 0.5) is 11.4 Å². The first-order valence-electron chi connectivity index (χ1n) is 6.75. The second kappa shape index (κ2) is 6.40. The molecule has 0 aromatic heterocycles. The monoisotopic (exact) mass is 273 g/mol. The van der Waals surface area contributed by atoms with Crippen LogP contribution in [0.2, 0.25) is 0 Å². The predicted molar refractivity (Wildman–Crippen MR) is 77.5 cm³/mol. The molecule has 2 rings (SSSR count). The summed E-state index contributed by atoms with van der Waals surface area (Å²) in [5, 5.41) is 11.1. The second-order valence-electron chi connectivity index (χ2n) is 5.09. The number of hydrogen-bond acceptors (Lipinski definition) is 4. The third-order valence-electron chi connectivity index (χ3n) is 3.18. The minimum atomic E-state index is -0.283. The molecular weight excluding hydrogens is 254 g/mol. The summed E-state index contributed by atoms with van der Waals surface area (Å²) in [6, 6.07) is 9.50. The molecule has 1 heterocycles. The lowest BCUT2D eigenvalue weighted by Gasteiger charge is -2.36. The van der Waals surface area contributed by atoms with E-state index in [2.05, 4.69) is 24.1 Å². The van der Waals surface area contributed by atoms with E-state index in [9.17, 15) is 4.79 Å². The number of nitrogens with zero attached hydrogens (tertiary/aromatic N) is 2. The predicted octanol–water partition coefficient (Wildman–Crippen LogP) is 2.15. The molecule has 1 aliphatic heterocycles. The molecule has 0 unspecified atom stereocenters. The topological polar surface area (TPSA) is 65.4 Å². The normalized spacial score (nSPS) is 22.1. The Balaban J connectivity index is 2.01. The Hall–Kier alpha value is -2.06. The SMILES string of the molecule is C[C@@H]1CN(c2ccc(NC(=O)CC#N)cc2)C[C@@H](C)O1.